The van der Waals surface area contributed by atoms with Crippen molar-refractivity contribution in [3.05, 3.63) is 81.9 Å². The van der Waals surface area contributed by atoms with Crippen LogP contribution in [0.1, 0.15) is 17.9 Å². The maximum atomic E-state index is 13.3. The van der Waals surface area contributed by atoms with E-state index >= 15 is 0 Å². The van der Waals surface area contributed by atoms with Crippen LogP contribution in [0.15, 0.2) is 65.7 Å². The van der Waals surface area contributed by atoms with E-state index in [1.54, 1.807) is 27.6 Å². The van der Waals surface area contributed by atoms with Gasteiger partial charge in [-0.25, -0.2) is 9.55 Å². The van der Waals surface area contributed by atoms with E-state index in [1.807, 2.05) is 25.2 Å². The van der Waals surface area contributed by atoms with Crippen molar-refractivity contribution in [2.75, 3.05) is 18.0 Å². The Balaban J connectivity index is 1.64. The molecule has 146 valence electrons. The van der Waals surface area contributed by atoms with Crippen molar-refractivity contribution in [3.63, 3.8) is 0 Å². The number of halogens is 1. The quantitative estimate of drug-likeness (QED) is 0.520. The van der Waals surface area contributed by atoms with Crippen LogP contribution < -0.4 is 10.5 Å². The summed E-state index contributed by atoms with van der Waals surface area (Å²) < 4.78 is 3.44. The van der Waals surface area contributed by atoms with Crippen LogP contribution in [0.4, 0.5) is 5.95 Å². The molecule has 7 heteroatoms. The van der Waals surface area contributed by atoms with Gasteiger partial charge >= 0.3 is 0 Å². The standard InChI is InChI=1S/C22H20ClN5O/c1-26-14-24-19-20(26)25-22(28(21(19)29)18-9-7-17(23)8-10-18)27-12-11-16(13-27)15-5-3-2-4-6-15/h2-10,14,16H,11-13H2,1H3. The summed E-state index contributed by atoms with van der Waals surface area (Å²) >= 11 is 6.06. The molecule has 0 aliphatic carbocycles. The largest absolute Gasteiger partial charge is 0.341 e. The van der Waals surface area contributed by atoms with Crippen LogP contribution >= 0.6 is 11.6 Å². The second kappa shape index (κ2) is 7.04. The molecule has 3 heterocycles. The Morgan fingerprint density at radius 2 is 1.83 bits per heavy atom. The highest BCUT2D eigenvalue weighted by Gasteiger charge is 2.28. The highest BCUT2D eigenvalue weighted by Crippen LogP contribution is 2.31. The smallest absolute Gasteiger partial charge is 0.287 e. The third-order valence-electron chi connectivity index (χ3n) is 5.54. The number of aryl methyl sites for hydroxylation is 1. The Morgan fingerprint density at radius 3 is 2.59 bits per heavy atom. The number of anilines is 1. The average molecular weight is 406 g/mol. The van der Waals surface area contributed by atoms with Gasteiger partial charge in [-0.1, -0.05) is 41.9 Å². The van der Waals surface area contributed by atoms with E-state index in [-0.39, 0.29) is 5.56 Å². The molecule has 0 radical (unpaired) electrons. The lowest BCUT2D eigenvalue weighted by atomic mass is 9.99. The molecule has 1 unspecified atom stereocenters. The summed E-state index contributed by atoms with van der Waals surface area (Å²) in [4.78, 5) is 24.7. The predicted molar refractivity (Wildman–Crippen MR) is 115 cm³/mol. The van der Waals surface area contributed by atoms with Gasteiger partial charge in [-0.3, -0.25) is 4.79 Å². The van der Waals surface area contributed by atoms with Gasteiger partial charge in [0.05, 0.1) is 12.0 Å². The van der Waals surface area contributed by atoms with E-state index < -0.39 is 0 Å². The molecule has 29 heavy (non-hydrogen) atoms. The lowest BCUT2D eigenvalue weighted by Gasteiger charge is -2.22. The van der Waals surface area contributed by atoms with Gasteiger partial charge in [0.15, 0.2) is 11.2 Å². The first-order chi connectivity index (χ1) is 14.1. The minimum atomic E-state index is -0.170. The van der Waals surface area contributed by atoms with Crippen LogP contribution in [0.3, 0.4) is 0 Å². The maximum absolute atomic E-state index is 13.3. The third-order valence-corrected chi connectivity index (χ3v) is 5.80. The fourth-order valence-corrected chi connectivity index (χ4v) is 4.15. The first kappa shape index (κ1) is 17.9. The summed E-state index contributed by atoms with van der Waals surface area (Å²) in [5.74, 6) is 1.06. The molecule has 0 amide bonds. The van der Waals surface area contributed by atoms with Gasteiger partial charge in [0.1, 0.15) is 0 Å². The lowest BCUT2D eigenvalue weighted by molar-refractivity contribution is 0.768. The summed E-state index contributed by atoms with van der Waals surface area (Å²) in [6.07, 6.45) is 2.65. The van der Waals surface area contributed by atoms with E-state index in [2.05, 4.69) is 34.1 Å². The van der Waals surface area contributed by atoms with Crippen LogP contribution in [-0.4, -0.2) is 32.2 Å². The molecule has 0 spiro atoms. The summed E-state index contributed by atoms with van der Waals surface area (Å²) in [5, 5.41) is 0.625. The Labute approximate surface area is 173 Å². The molecule has 0 bridgehead atoms. The predicted octanol–water partition coefficient (Wildman–Crippen LogP) is 3.77. The number of fused-ring (bicyclic) bond motifs is 1. The molecular formula is C22H20ClN5O. The normalized spacial score (nSPS) is 16.6. The number of benzene rings is 2. The number of hydrogen-bond acceptors (Lipinski definition) is 4. The minimum absolute atomic E-state index is 0.170. The van der Waals surface area contributed by atoms with E-state index in [0.29, 0.717) is 28.1 Å². The summed E-state index contributed by atoms with van der Waals surface area (Å²) in [5.41, 5.74) is 2.84. The van der Waals surface area contributed by atoms with Crippen molar-refractivity contribution in [3.8, 4) is 5.69 Å². The van der Waals surface area contributed by atoms with Gasteiger partial charge in [-0.05, 0) is 36.2 Å². The number of aromatic nitrogens is 4. The molecule has 5 rings (SSSR count). The fraction of sp³-hybridized carbons (Fsp3) is 0.227. The molecule has 6 nitrogen and oxygen atoms in total. The molecule has 1 aliphatic rings. The Hall–Kier alpha value is -3.12. The number of rotatable bonds is 3. The number of hydrogen-bond donors (Lipinski definition) is 0. The van der Waals surface area contributed by atoms with E-state index in [1.165, 1.54) is 5.56 Å². The highest BCUT2D eigenvalue weighted by molar-refractivity contribution is 6.30. The van der Waals surface area contributed by atoms with Crippen molar-refractivity contribution in [2.45, 2.75) is 12.3 Å². The van der Waals surface area contributed by atoms with Crippen LogP contribution in [0.5, 0.6) is 0 Å². The SMILES string of the molecule is Cn1cnc2c(=O)n(-c3ccc(Cl)cc3)c(N3CCC(c4ccccc4)C3)nc21. The zero-order chi connectivity index (χ0) is 20.0. The first-order valence-corrected chi connectivity index (χ1v) is 9.99. The molecule has 0 saturated carbocycles. The topological polar surface area (TPSA) is 56.0 Å². The highest BCUT2D eigenvalue weighted by atomic mass is 35.5. The maximum Gasteiger partial charge on any atom is 0.287 e. The molecule has 1 saturated heterocycles. The minimum Gasteiger partial charge on any atom is -0.341 e. The Bertz CT molecular complexity index is 1230. The van der Waals surface area contributed by atoms with E-state index in [4.69, 9.17) is 16.6 Å². The van der Waals surface area contributed by atoms with Gasteiger partial charge < -0.3 is 9.47 Å². The zero-order valence-corrected chi connectivity index (χ0v) is 16.8. The van der Waals surface area contributed by atoms with Gasteiger partial charge in [0, 0.05) is 31.1 Å². The van der Waals surface area contributed by atoms with Crippen molar-refractivity contribution < 1.29 is 0 Å². The Kier molecular flexibility index (Phi) is 4.36. The molecule has 2 aromatic heterocycles. The molecule has 1 aliphatic heterocycles. The average Bonchev–Trinajstić information content (AvgIpc) is 3.37. The molecule has 0 N–H and O–H groups in total. The van der Waals surface area contributed by atoms with Gasteiger partial charge in [0.25, 0.3) is 5.56 Å². The molecule has 4 aromatic rings. The van der Waals surface area contributed by atoms with Crippen LogP contribution in [0.25, 0.3) is 16.9 Å². The van der Waals surface area contributed by atoms with Crippen LogP contribution in [0.2, 0.25) is 5.02 Å². The third kappa shape index (κ3) is 3.09. The van der Waals surface area contributed by atoms with E-state index in [0.717, 1.165) is 25.2 Å². The monoisotopic (exact) mass is 405 g/mol. The number of imidazole rings is 1. The van der Waals surface area contributed by atoms with Crippen LogP contribution in [0, 0.1) is 0 Å². The fourth-order valence-electron chi connectivity index (χ4n) is 4.02. The summed E-state index contributed by atoms with van der Waals surface area (Å²) in [6, 6.07) is 17.8. The lowest BCUT2D eigenvalue weighted by Crippen LogP contribution is -2.31. The van der Waals surface area contributed by atoms with Gasteiger partial charge in [-0.2, -0.15) is 4.98 Å². The summed E-state index contributed by atoms with van der Waals surface area (Å²) in [7, 11) is 1.86. The molecule has 1 atom stereocenters. The van der Waals surface area contributed by atoms with Crippen LogP contribution in [-0.2, 0) is 7.05 Å². The second-order valence-corrected chi connectivity index (χ2v) is 7.84. The molecular weight excluding hydrogens is 386 g/mol. The molecule has 2 aromatic carbocycles. The van der Waals surface area contributed by atoms with Gasteiger partial charge in [-0.15, -0.1) is 0 Å². The zero-order valence-electron chi connectivity index (χ0n) is 16.0. The first-order valence-electron chi connectivity index (χ1n) is 9.62. The number of nitrogens with zero attached hydrogens (tertiary/aromatic N) is 5. The van der Waals surface area contributed by atoms with Crippen molar-refractivity contribution in [2.24, 2.45) is 7.05 Å². The second-order valence-electron chi connectivity index (χ2n) is 7.40. The summed E-state index contributed by atoms with van der Waals surface area (Å²) in [6.45, 7) is 1.65. The van der Waals surface area contributed by atoms with Crippen molar-refractivity contribution in [1.29, 1.82) is 0 Å². The van der Waals surface area contributed by atoms with Crippen molar-refractivity contribution in [1.82, 2.24) is 19.1 Å². The van der Waals surface area contributed by atoms with Gasteiger partial charge in [0.2, 0.25) is 5.95 Å². The Morgan fingerprint density at radius 1 is 1.07 bits per heavy atom. The van der Waals surface area contributed by atoms with Crippen molar-refractivity contribution >= 4 is 28.7 Å². The molecule has 1 fully saturated rings. The van der Waals surface area contributed by atoms with E-state index in [9.17, 15) is 4.79 Å².